The second kappa shape index (κ2) is 6.18. The average molecular weight is 348 g/mol. The molecule has 0 amide bonds. The van der Waals surface area contributed by atoms with Crippen LogP contribution in [0.1, 0.15) is 30.4 Å². The lowest BCUT2D eigenvalue weighted by Gasteiger charge is -2.36. The van der Waals surface area contributed by atoms with Crippen LogP contribution in [0.3, 0.4) is 0 Å². The molecule has 3 aromatic rings. The molecule has 134 valence electrons. The molecular formula is C21H24N4O. The molecule has 5 heteroatoms. The summed E-state index contributed by atoms with van der Waals surface area (Å²) in [4.78, 5) is 7.10. The van der Waals surface area contributed by atoms with Gasteiger partial charge in [0.25, 0.3) is 0 Å². The SMILES string of the molecule is OC[C@]1(Cc2ccccc2)C[C@@H]2CC[C@H]1N2Cc1cnn2cccnc12. The molecule has 1 aromatic carbocycles. The lowest BCUT2D eigenvalue weighted by atomic mass is 9.70. The highest BCUT2D eigenvalue weighted by atomic mass is 16.3. The summed E-state index contributed by atoms with van der Waals surface area (Å²) in [5, 5.41) is 14.8. The first kappa shape index (κ1) is 16.0. The van der Waals surface area contributed by atoms with Gasteiger partial charge in [-0.2, -0.15) is 5.10 Å². The molecule has 3 atom stereocenters. The molecule has 26 heavy (non-hydrogen) atoms. The molecule has 2 aliphatic rings. The van der Waals surface area contributed by atoms with Gasteiger partial charge >= 0.3 is 0 Å². The molecule has 2 fully saturated rings. The fraction of sp³-hybridized carbons (Fsp3) is 0.429. The van der Waals surface area contributed by atoms with E-state index in [1.54, 1.807) is 0 Å². The molecule has 0 aliphatic carbocycles. The second-order valence-corrected chi connectivity index (χ2v) is 7.86. The van der Waals surface area contributed by atoms with Crippen molar-refractivity contribution in [2.24, 2.45) is 5.41 Å². The lowest BCUT2D eigenvalue weighted by Crippen LogP contribution is -2.41. The normalized spacial score (nSPS) is 28.2. The third-order valence-corrected chi connectivity index (χ3v) is 6.41. The summed E-state index contributed by atoms with van der Waals surface area (Å²) < 4.78 is 1.84. The lowest BCUT2D eigenvalue weighted by molar-refractivity contribution is 0.0751. The predicted octanol–water partition coefficient (Wildman–Crippen LogP) is 2.69. The number of aliphatic hydroxyl groups excluding tert-OH is 1. The Kier molecular flexibility index (Phi) is 3.80. The van der Waals surface area contributed by atoms with Gasteiger partial charge in [0.15, 0.2) is 5.65 Å². The van der Waals surface area contributed by atoms with Crippen LogP contribution in [0.25, 0.3) is 5.65 Å². The van der Waals surface area contributed by atoms with E-state index < -0.39 is 0 Å². The van der Waals surface area contributed by atoms with E-state index >= 15 is 0 Å². The first-order valence-electron chi connectivity index (χ1n) is 9.47. The molecule has 5 nitrogen and oxygen atoms in total. The summed E-state index contributed by atoms with van der Waals surface area (Å²) in [6.45, 7) is 1.12. The Bertz CT molecular complexity index is 909. The van der Waals surface area contributed by atoms with Gasteiger partial charge in [0.05, 0.1) is 12.8 Å². The predicted molar refractivity (Wildman–Crippen MR) is 99.6 cm³/mol. The Morgan fingerprint density at radius 3 is 2.88 bits per heavy atom. The van der Waals surface area contributed by atoms with Crippen molar-refractivity contribution in [3.8, 4) is 0 Å². The fourth-order valence-corrected chi connectivity index (χ4v) is 5.26. The van der Waals surface area contributed by atoms with Gasteiger partial charge in [0.1, 0.15) is 0 Å². The van der Waals surface area contributed by atoms with E-state index in [1.165, 1.54) is 24.0 Å². The fourth-order valence-electron chi connectivity index (χ4n) is 5.26. The Morgan fingerprint density at radius 2 is 2.04 bits per heavy atom. The summed E-state index contributed by atoms with van der Waals surface area (Å²) in [5.74, 6) is 0. The van der Waals surface area contributed by atoms with Crippen molar-refractivity contribution in [3.63, 3.8) is 0 Å². The van der Waals surface area contributed by atoms with Gasteiger partial charge in [0.2, 0.25) is 0 Å². The van der Waals surface area contributed by atoms with Gasteiger partial charge in [-0.05, 0) is 37.3 Å². The Hall–Kier alpha value is -2.24. The minimum atomic E-state index is -0.0271. The highest BCUT2D eigenvalue weighted by molar-refractivity contribution is 5.45. The summed E-state index contributed by atoms with van der Waals surface area (Å²) >= 11 is 0. The number of nitrogens with zero attached hydrogens (tertiary/aromatic N) is 4. The van der Waals surface area contributed by atoms with Crippen molar-refractivity contribution < 1.29 is 5.11 Å². The molecule has 2 bridgehead atoms. The number of fused-ring (bicyclic) bond motifs is 3. The van der Waals surface area contributed by atoms with E-state index in [0.29, 0.717) is 12.1 Å². The molecule has 1 N–H and O–H groups in total. The Morgan fingerprint density at radius 1 is 1.15 bits per heavy atom. The van der Waals surface area contributed by atoms with Gasteiger partial charge in [-0.1, -0.05) is 30.3 Å². The third-order valence-electron chi connectivity index (χ3n) is 6.41. The van der Waals surface area contributed by atoms with Crippen LogP contribution in [-0.4, -0.2) is 43.3 Å². The minimum absolute atomic E-state index is 0.0271. The number of hydrogen-bond acceptors (Lipinski definition) is 4. The zero-order chi connectivity index (χ0) is 17.6. The maximum absolute atomic E-state index is 10.4. The van der Waals surface area contributed by atoms with Crippen LogP contribution in [0.5, 0.6) is 0 Å². The summed E-state index contributed by atoms with van der Waals surface area (Å²) in [7, 11) is 0. The zero-order valence-corrected chi connectivity index (χ0v) is 14.8. The Balaban J connectivity index is 1.43. The van der Waals surface area contributed by atoms with Crippen LogP contribution in [0.15, 0.2) is 55.0 Å². The van der Waals surface area contributed by atoms with Crippen LogP contribution in [-0.2, 0) is 13.0 Å². The quantitative estimate of drug-likeness (QED) is 0.770. The van der Waals surface area contributed by atoms with Crippen molar-refractivity contribution >= 4 is 5.65 Å². The van der Waals surface area contributed by atoms with Crippen molar-refractivity contribution in [3.05, 3.63) is 66.1 Å². The molecule has 5 rings (SSSR count). The van der Waals surface area contributed by atoms with Crippen LogP contribution in [0.4, 0.5) is 0 Å². The van der Waals surface area contributed by atoms with Crippen molar-refractivity contribution in [1.29, 1.82) is 0 Å². The standard InChI is InChI=1S/C21H24N4O/c26-15-21(11-16-5-2-1-3-6-16)12-18-7-8-19(21)24(18)14-17-13-23-25-10-4-9-22-20(17)25/h1-6,9-10,13,18-19,26H,7-8,11-12,14-15H2/t18-,19+,21-/m0/s1. The van der Waals surface area contributed by atoms with Crippen LogP contribution >= 0.6 is 0 Å². The molecule has 2 aliphatic heterocycles. The molecule has 0 spiro atoms. The highest BCUT2D eigenvalue weighted by Gasteiger charge is 2.55. The number of hydrogen-bond donors (Lipinski definition) is 1. The van der Waals surface area contributed by atoms with Crippen LogP contribution in [0, 0.1) is 5.41 Å². The van der Waals surface area contributed by atoms with E-state index in [9.17, 15) is 5.11 Å². The first-order valence-corrected chi connectivity index (χ1v) is 9.47. The molecular weight excluding hydrogens is 324 g/mol. The topological polar surface area (TPSA) is 53.7 Å². The summed E-state index contributed by atoms with van der Waals surface area (Å²) in [5.41, 5.74) is 3.42. The molecule has 2 aromatic heterocycles. The average Bonchev–Trinajstić information content (AvgIpc) is 3.35. The second-order valence-electron chi connectivity index (χ2n) is 7.86. The van der Waals surface area contributed by atoms with E-state index in [1.807, 2.05) is 29.2 Å². The molecule has 2 saturated heterocycles. The first-order chi connectivity index (χ1) is 12.8. The van der Waals surface area contributed by atoms with Gasteiger partial charge in [0, 0.05) is 42.0 Å². The zero-order valence-electron chi connectivity index (χ0n) is 14.8. The number of benzene rings is 1. The summed E-state index contributed by atoms with van der Waals surface area (Å²) in [6.07, 6.45) is 10.1. The van der Waals surface area contributed by atoms with Gasteiger partial charge in [-0.15, -0.1) is 0 Å². The maximum atomic E-state index is 10.4. The van der Waals surface area contributed by atoms with Crippen molar-refractivity contribution in [2.75, 3.05) is 6.61 Å². The van der Waals surface area contributed by atoms with Crippen molar-refractivity contribution in [1.82, 2.24) is 19.5 Å². The number of rotatable bonds is 5. The van der Waals surface area contributed by atoms with Gasteiger partial charge in [-0.3, -0.25) is 4.90 Å². The molecule has 0 unspecified atom stereocenters. The van der Waals surface area contributed by atoms with Crippen molar-refractivity contribution in [2.45, 2.75) is 44.3 Å². The van der Waals surface area contributed by atoms with Crippen LogP contribution in [0.2, 0.25) is 0 Å². The van der Waals surface area contributed by atoms with E-state index in [0.717, 1.165) is 25.0 Å². The van der Waals surface area contributed by atoms with Gasteiger partial charge < -0.3 is 5.11 Å². The smallest absolute Gasteiger partial charge is 0.159 e. The third kappa shape index (κ3) is 2.46. The number of aromatic nitrogens is 3. The number of aliphatic hydroxyl groups is 1. The Labute approximate surface area is 153 Å². The van der Waals surface area contributed by atoms with E-state index in [-0.39, 0.29) is 12.0 Å². The highest BCUT2D eigenvalue weighted by Crippen LogP contribution is 2.51. The van der Waals surface area contributed by atoms with Gasteiger partial charge in [-0.25, -0.2) is 9.50 Å². The summed E-state index contributed by atoms with van der Waals surface area (Å²) in [6, 6.07) is 13.5. The largest absolute Gasteiger partial charge is 0.396 e. The minimum Gasteiger partial charge on any atom is -0.396 e. The van der Waals surface area contributed by atoms with E-state index in [4.69, 9.17) is 0 Å². The van der Waals surface area contributed by atoms with Crippen LogP contribution < -0.4 is 0 Å². The molecule has 0 radical (unpaired) electrons. The maximum Gasteiger partial charge on any atom is 0.159 e. The monoisotopic (exact) mass is 348 g/mol. The molecule has 0 saturated carbocycles. The van der Waals surface area contributed by atoms with E-state index in [2.05, 4.69) is 45.3 Å². The molecule has 4 heterocycles.